The number of nitrogens with zero attached hydrogens (tertiary/aromatic N) is 1. The Morgan fingerprint density at radius 2 is 2.16 bits per heavy atom. The predicted octanol–water partition coefficient (Wildman–Crippen LogP) is 1.25. The first-order chi connectivity index (χ1) is 9.20. The van der Waals surface area contributed by atoms with Crippen molar-refractivity contribution in [3.05, 3.63) is 20.8 Å². The summed E-state index contributed by atoms with van der Waals surface area (Å²) < 4.78 is 1.23. The zero-order chi connectivity index (χ0) is 13.2. The molecule has 2 N–H and O–H groups in total. The van der Waals surface area contributed by atoms with Crippen LogP contribution >= 0.6 is 39.5 Å². The van der Waals surface area contributed by atoms with Crippen molar-refractivity contribution in [1.29, 1.82) is 0 Å². The average molecular weight is 361 g/mol. The molecular weight excluding hydrogens is 342 g/mol. The fourth-order valence-electron chi connectivity index (χ4n) is 2.39. The minimum Gasteiger partial charge on any atom is -0.360 e. The normalized spacial score (nSPS) is 20.6. The van der Waals surface area contributed by atoms with Crippen molar-refractivity contribution in [2.24, 2.45) is 0 Å². The lowest BCUT2D eigenvalue weighted by Gasteiger charge is -2.33. The minimum atomic E-state index is 0.668. The second kappa shape index (κ2) is 6.08. The highest BCUT2D eigenvalue weighted by atomic mass is 79.9. The largest absolute Gasteiger partial charge is 0.360 e. The summed E-state index contributed by atoms with van der Waals surface area (Å²) in [6, 6.07) is 5.04. The van der Waals surface area contributed by atoms with E-state index in [-0.39, 0.29) is 0 Å². The van der Waals surface area contributed by atoms with Crippen LogP contribution < -0.4 is 10.2 Å². The van der Waals surface area contributed by atoms with Crippen molar-refractivity contribution < 1.29 is 4.90 Å². The molecule has 1 aliphatic carbocycles. The quantitative estimate of drug-likeness (QED) is 0.791. The summed E-state index contributed by atoms with van der Waals surface area (Å²) in [7, 11) is 0. The van der Waals surface area contributed by atoms with Gasteiger partial charge in [-0.2, -0.15) is 0 Å². The highest BCUT2D eigenvalue weighted by Gasteiger charge is 2.26. The number of thiocarbonyl (C=S) groups is 1. The van der Waals surface area contributed by atoms with E-state index in [0.717, 1.165) is 24.7 Å². The molecule has 2 fully saturated rings. The number of rotatable bonds is 3. The maximum Gasteiger partial charge on any atom is 0.169 e. The minimum absolute atomic E-state index is 0.668. The van der Waals surface area contributed by atoms with Crippen LogP contribution in [0.3, 0.4) is 0 Å². The van der Waals surface area contributed by atoms with Crippen LogP contribution in [0.5, 0.6) is 0 Å². The first kappa shape index (κ1) is 13.8. The van der Waals surface area contributed by atoms with Gasteiger partial charge in [0.1, 0.15) is 6.54 Å². The van der Waals surface area contributed by atoms with Gasteiger partial charge in [0.25, 0.3) is 0 Å². The molecule has 19 heavy (non-hydrogen) atoms. The van der Waals surface area contributed by atoms with Crippen molar-refractivity contribution in [2.75, 3.05) is 26.2 Å². The molecule has 0 unspecified atom stereocenters. The van der Waals surface area contributed by atoms with Crippen LogP contribution in [0, 0.1) is 0 Å². The number of quaternary nitrogens is 1. The first-order valence-corrected chi connectivity index (χ1v) is 8.86. The summed E-state index contributed by atoms with van der Waals surface area (Å²) in [6.07, 6.45) is 2.58. The number of hydrogen-bond acceptors (Lipinski definition) is 2. The number of piperazine rings is 1. The molecule has 1 saturated carbocycles. The monoisotopic (exact) mass is 360 g/mol. The molecule has 0 amide bonds. The summed E-state index contributed by atoms with van der Waals surface area (Å²) in [6.45, 7) is 5.68. The predicted molar refractivity (Wildman–Crippen MR) is 86.7 cm³/mol. The van der Waals surface area contributed by atoms with Gasteiger partial charge in [0.05, 0.1) is 34.8 Å². The third kappa shape index (κ3) is 3.90. The Hall–Kier alpha value is -0.170. The molecule has 0 radical (unpaired) electrons. The molecule has 1 saturated heterocycles. The van der Waals surface area contributed by atoms with Crippen molar-refractivity contribution in [3.8, 4) is 0 Å². The Bertz CT molecular complexity index is 450. The van der Waals surface area contributed by atoms with Crippen LogP contribution in [-0.4, -0.2) is 42.2 Å². The van der Waals surface area contributed by atoms with E-state index in [4.69, 9.17) is 12.2 Å². The van der Waals surface area contributed by atoms with E-state index >= 15 is 0 Å². The molecule has 2 heterocycles. The number of nitrogens with one attached hydrogen (secondary N) is 2. The maximum absolute atomic E-state index is 5.46. The van der Waals surface area contributed by atoms with E-state index < -0.39 is 0 Å². The van der Waals surface area contributed by atoms with Gasteiger partial charge in [0, 0.05) is 6.04 Å². The third-order valence-electron chi connectivity index (χ3n) is 3.72. The lowest BCUT2D eigenvalue weighted by molar-refractivity contribution is -0.917. The fraction of sp³-hybridized carbons (Fsp3) is 0.615. The second-order valence-electron chi connectivity index (χ2n) is 5.34. The van der Waals surface area contributed by atoms with Crippen LogP contribution in [-0.2, 0) is 6.54 Å². The van der Waals surface area contributed by atoms with Crippen molar-refractivity contribution in [3.63, 3.8) is 0 Å². The van der Waals surface area contributed by atoms with Crippen LogP contribution in [0.15, 0.2) is 15.9 Å². The molecule has 6 heteroatoms. The van der Waals surface area contributed by atoms with Crippen molar-refractivity contribution >= 4 is 44.6 Å². The fourth-order valence-corrected chi connectivity index (χ4v) is 4.29. The highest BCUT2D eigenvalue weighted by Crippen LogP contribution is 2.21. The van der Waals surface area contributed by atoms with Crippen molar-refractivity contribution in [1.82, 2.24) is 10.2 Å². The molecule has 0 bridgehead atoms. The lowest BCUT2D eigenvalue weighted by Crippen LogP contribution is -3.13. The molecule has 0 aromatic carbocycles. The summed E-state index contributed by atoms with van der Waals surface area (Å²) in [4.78, 5) is 5.47. The van der Waals surface area contributed by atoms with E-state index in [1.165, 1.54) is 34.6 Å². The van der Waals surface area contributed by atoms with E-state index in [0.29, 0.717) is 6.04 Å². The Kier molecular flexibility index (Phi) is 4.41. The number of halogens is 1. The van der Waals surface area contributed by atoms with E-state index in [2.05, 4.69) is 38.3 Å². The van der Waals surface area contributed by atoms with Gasteiger partial charge in [-0.1, -0.05) is 0 Å². The van der Waals surface area contributed by atoms with Gasteiger partial charge in [-0.15, -0.1) is 11.3 Å². The van der Waals surface area contributed by atoms with Gasteiger partial charge in [0.2, 0.25) is 0 Å². The Balaban J connectivity index is 1.44. The topological polar surface area (TPSA) is 19.7 Å². The molecule has 3 nitrogen and oxygen atoms in total. The molecule has 1 aromatic heterocycles. The molecular formula is C13H19BrN3S2+. The molecule has 2 aliphatic rings. The first-order valence-electron chi connectivity index (χ1n) is 6.84. The highest BCUT2D eigenvalue weighted by molar-refractivity contribution is 9.11. The third-order valence-corrected chi connectivity index (χ3v) is 5.72. The SMILES string of the molecule is S=C(NC1CC1)N1CC[NH+](Cc2ccc(Br)s2)CC1. The Labute approximate surface area is 132 Å². The van der Waals surface area contributed by atoms with Gasteiger partial charge in [-0.25, -0.2) is 0 Å². The summed E-state index contributed by atoms with van der Waals surface area (Å²) in [5, 5.41) is 4.41. The summed E-state index contributed by atoms with van der Waals surface area (Å²) in [5.74, 6) is 0. The van der Waals surface area contributed by atoms with E-state index in [9.17, 15) is 0 Å². The zero-order valence-corrected chi connectivity index (χ0v) is 14.0. The molecule has 0 spiro atoms. The summed E-state index contributed by atoms with van der Waals surface area (Å²) >= 11 is 10.8. The van der Waals surface area contributed by atoms with Gasteiger partial charge in [-0.05, 0) is 53.1 Å². The lowest BCUT2D eigenvalue weighted by atomic mass is 10.3. The molecule has 1 aliphatic heterocycles. The number of hydrogen-bond donors (Lipinski definition) is 2. The molecule has 104 valence electrons. The van der Waals surface area contributed by atoms with Gasteiger partial charge in [0.15, 0.2) is 5.11 Å². The molecule has 0 atom stereocenters. The van der Waals surface area contributed by atoms with Gasteiger partial charge < -0.3 is 15.1 Å². The van der Waals surface area contributed by atoms with E-state index in [1.807, 2.05) is 11.3 Å². The zero-order valence-electron chi connectivity index (χ0n) is 10.8. The van der Waals surface area contributed by atoms with Crippen LogP contribution in [0.4, 0.5) is 0 Å². The van der Waals surface area contributed by atoms with Gasteiger partial charge >= 0.3 is 0 Å². The molecule has 1 aromatic rings. The molecule has 3 rings (SSSR count). The second-order valence-corrected chi connectivity index (χ2v) is 8.28. The maximum atomic E-state index is 5.46. The Morgan fingerprint density at radius 1 is 1.42 bits per heavy atom. The van der Waals surface area contributed by atoms with E-state index in [1.54, 1.807) is 4.90 Å². The van der Waals surface area contributed by atoms with Crippen molar-refractivity contribution in [2.45, 2.75) is 25.4 Å². The van der Waals surface area contributed by atoms with Crippen LogP contribution in [0.1, 0.15) is 17.7 Å². The average Bonchev–Trinajstić information content (AvgIpc) is 3.12. The standard InChI is InChI=1S/C13H18BrN3S2/c14-12-4-3-11(19-12)9-16-5-7-17(8-6-16)13(18)15-10-1-2-10/h3-4,10H,1-2,5-9H2,(H,15,18)/p+1. The number of thiophene rings is 1. The van der Waals surface area contributed by atoms with Crippen LogP contribution in [0.2, 0.25) is 0 Å². The van der Waals surface area contributed by atoms with Gasteiger partial charge in [-0.3, -0.25) is 0 Å². The Morgan fingerprint density at radius 3 is 2.74 bits per heavy atom. The summed E-state index contributed by atoms with van der Waals surface area (Å²) in [5.41, 5.74) is 0. The van der Waals surface area contributed by atoms with Crippen LogP contribution in [0.25, 0.3) is 0 Å². The smallest absolute Gasteiger partial charge is 0.169 e.